The number of oxazole rings is 1. The number of amides is 1. The van der Waals surface area contributed by atoms with Gasteiger partial charge in [0.2, 0.25) is 5.91 Å². The average Bonchev–Trinajstić information content (AvgIpc) is 3.13. The maximum Gasteiger partial charge on any atom is 0.223 e. The lowest BCUT2D eigenvalue weighted by Crippen LogP contribution is -2.49. The van der Waals surface area contributed by atoms with Gasteiger partial charge in [-0.15, -0.1) is 0 Å². The predicted octanol–water partition coefficient (Wildman–Crippen LogP) is 4.51. The molecule has 0 N–H and O–H groups in total. The molecule has 1 aromatic heterocycles. The van der Waals surface area contributed by atoms with Crippen LogP contribution in [0.25, 0.3) is 11.3 Å². The van der Waals surface area contributed by atoms with Crippen LogP contribution in [0.15, 0.2) is 34.9 Å². The van der Waals surface area contributed by atoms with Gasteiger partial charge in [-0.1, -0.05) is 44.5 Å². The molecule has 28 heavy (non-hydrogen) atoms. The minimum atomic E-state index is 0.174. The highest BCUT2D eigenvalue weighted by Gasteiger charge is 2.22. The summed E-state index contributed by atoms with van der Waals surface area (Å²) in [5.41, 5.74) is 1.17. The molecule has 0 spiro atoms. The summed E-state index contributed by atoms with van der Waals surface area (Å²) >= 11 is 6.20. The highest BCUT2D eigenvalue weighted by atomic mass is 35.5. The first kappa shape index (κ1) is 20.9. The van der Waals surface area contributed by atoms with Crippen LogP contribution in [0.4, 0.5) is 0 Å². The lowest BCUT2D eigenvalue weighted by atomic mass is 9.92. The number of carbonyl (C=O) groups excluding carboxylic acids is 1. The van der Waals surface area contributed by atoms with Crippen molar-refractivity contribution in [3.63, 3.8) is 0 Å². The van der Waals surface area contributed by atoms with E-state index in [1.54, 1.807) is 6.20 Å². The van der Waals surface area contributed by atoms with Crippen molar-refractivity contribution >= 4 is 17.5 Å². The summed E-state index contributed by atoms with van der Waals surface area (Å²) in [4.78, 5) is 21.3. The number of piperazine rings is 1. The minimum absolute atomic E-state index is 0.174. The number of halogens is 1. The first-order chi connectivity index (χ1) is 13.3. The highest BCUT2D eigenvalue weighted by Crippen LogP contribution is 2.28. The molecule has 3 rings (SSSR count). The van der Waals surface area contributed by atoms with Crippen LogP contribution in [0, 0.1) is 5.41 Å². The van der Waals surface area contributed by atoms with Gasteiger partial charge < -0.3 is 9.32 Å². The van der Waals surface area contributed by atoms with Crippen LogP contribution in [0.2, 0.25) is 5.02 Å². The number of nitrogens with zero attached hydrogens (tertiary/aromatic N) is 3. The zero-order valence-electron chi connectivity index (χ0n) is 17.1. The van der Waals surface area contributed by atoms with Crippen LogP contribution in [-0.4, -0.2) is 53.4 Å². The maximum absolute atomic E-state index is 12.5. The van der Waals surface area contributed by atoms with Crippen molar-refractivity contribution in [1.29, 1.82) is 0 Å². The average molecular weight is 404 g/mol. The van der Waals surface area contributed by atoms with Crippen LogP contribution in [0.5, 0.6) is 0 Å². The van der Waals surface area contributed by atoms with Crippen molar-refractivity contribution in [3.05, 3.63) is 41.4 Å². The van der Waals surface area contributed by atoms with Crippen molar-refractivity contribution in [3.8, 4) is 11.3 Å². The summed E-state index contributed by atoms with van der Waals surface area (Å²) in [6, 6.07) is 7.51. The Hall–Kier alpha value is -1.85. The van der Waals surface area contributed by atoms with Gasteiger partial charge >= 0.3 is 0 Å². The number of carbonyl (C=O) groups is 1. The minimum Gasteiger partial charge on any atom is -0.441 e. The van der Waals surface area contributed by atoms with Crippen LogP contribution in [0.3, 0.4) is 0 Å². The van der Waals surface area contributed by atoms with Gasteiger partial charge in [-0.25, -0.2) is 4.98 Å². The van der Waals surface area contributed by atoms with Gasteiger partial charge in [0.15, 0.2) is 11.7 Å². The normalized spacial score (nSPS) is 15.8. The molecular weight excluding hydrogens is 374 g/mol. The number of aromatic nitrogens is 1. The van der Waals surface area contributed by atoms with Crippen LogP contribution < -0.4 is 0 Å². The highest BCUT2D eigenvalue weighted by molar-refractivity contribution is 6.33. The Kier molecular flexibility index (Phi) is 6.78. The lowest BCUT2D eigenvalue weighted by Gasteiger charge is -2.36. The molecule has 2 aromatic rings. The van der Waals surface area contributed by atoms with Gasteiger partial charge in [-0.3, -0.25) is 9.69 Å². The molecule has 1 aliphatic rings. The monoisotopic (exact) mass is 403 g/mol. The molecule has 1 aliphatic heterocycles. The molecule has 1 amide bonds. The fourth-order valence-electron chi connectivity index (χ4n) is 3.30. The second-order valence-electron chi connectivity index (χ2n) is 8.63. The fourth-order valence-corrected chi connectivity index (χ4v) is 3.53. The van der Waals surface area contributed by atoms with Crippen molar-refractivity contribution in [2.24, 2.45) is 5.41 Å². The zero-order chi connectivity index (χ0) is 20.1. The van der Waals surface area contributed by atoms with Crippen molar-refractivity contribution in [1.82, 2.24) is 14.8 Å². The smallest absolute Gasteiger partial charge is 0.223 e. The molecule has 5 nitrogen and oxygen atoms in total. The molecule has 0 radical (unpaired) electrons. The Morgan fingerprint density at radius 3 is 2.57 bits per heavy atom. The van der Waals surface area contributed by atoms with Gasteiger partial charge in [0.1, 0.15) is 0 Å². The van der Waals surface area contributed by atoms with Crippen LogP contribution in [0.1, 0.15) is 39.5 Å². The van der Waals surface area contributed by atoms with Crippen LogP contribution in [-0.2, 0) is 11.2 Å². The molecule has 0 saturated carbocycles. The predicted molar refractivity (Wildman–Crippen MR) is 112 cm³/mol. The van der Waals surface area contributed by atoms with E-state index < -0.39 is 0 Å². The van der Waals surface area contributed by atoms with Crippen molar-refractivity contribution in [2.75, 3.05) is 32.7 Å². The molecule has 1 saturated heterocycles. The van der Waals surface area contributed by atoms with E-state index in [9.17, 15) is 4.79 Å². The van der Waals surface area contributed by atoms with E-state index in [1.165, 1.54) is 6.42 Å². The van der Waals surface area contributed by atoms with Crippen molar-refractivity contribution in [2.45, 2.75) is 40.0 Å². The number of aryl methyl sites for hydroxylation is 1. The number of rotatable bonds is 6. The van der Waals surface area contributed by atoms with E-state index >= 15 is 0 Å². The lowest BCUT2D eigenvalue weighted by molar-refractivity contribution is -0.133. The van der Waals surface area contributed by atoms with Crippen molar-refractivity contribution < 1.29 is 9.21 Å². The van der Waals surface area contributed by atoms with E-state index in [4.69, 9.17) is 16.0 Å². The second kappa shape index (κ2) is 9.10. The number of benzene rings is 1. The first-order valence-corrected chi connectivity index (χ1v) is 10.4. The molecule has 152 valence electrons. The van der Waals surface area contributed by atoms with Crippen LogP contribution >= 0.6 is 11.6 Å². The van der Waals surface area contributed by atoms with E-state index in [0.29, 0.717) is 34.9 Å². The summed E-state index contributed by atoms with van der Waals surface area (Å²) in [5, 5.41) is 0.630. The molecule has 0 unspecified atom stereocenters. The molecule has 2 heterocycles. The Morgan fingerprint density at radius 1 is 1.18 bits per heavy atom. The summed E-state index contributed by atoms with van der Waals surface area (Å²) in [6.45, 7) is 11.4. The van der Waals surface area contributed by atoms with E-state index in [2.05, 4.69) is 30.7 Å². The molecule has 0 atom stereocenters. The summed E-state index contributed by atoms with van der Waals surface area (Å²) in [5.74, 6) is 1.39. The molecule has 0 aliphatic carbocycles. The van der Waals surface area contributed by atoms with Gasteiger partial charge in [0.05, 0.1) is 11.2 Å². The van der Waals surface area contributed by atoms with E-state index in [1.807, 2.05) is 29.2 Å². The third-order valence-electron chi connectivity index (χ3n) is 5.15. The Labute approximate surface area is 172 Å². The summed E-state index contributed by atoms with van der Waals surface area (Å²) < 4.78 is 5.79. The maximum atomic E-state index is 12.5. The molecular formula is C22H30ClN3O2. The third kappa shape index (κ3) is 5.82. The number of hydrogen-bond donors (Lipinski definition) is 0. The van der Waals surface area contributed by atoms with E-state index in [0.717, 1.165) is 38.3 Å². The van der Waals surface area contributed by atoms with Gasteiger partial charge in [-0.2, -0.15) is 0 Å². The number of hydrogen-bond acceptors (Lipinski definition) is 4. The topological polar surface area (TPSA) is 49.6 Å². The Balaban J connectivity index is 1.45. The van der Waals surface area contributed by atoms with Gasteiger partial charge in [-0.05, 0) is 30.5 Å². The summed E-state index contributed by atoms with van der Waals surface area (Å²) in [6.07, 6.45) is 3.78. The molecule has 1 aromatic carbocycles. The fraction of sp³-hybridized carbons (Fsp3) is 0.545. The third-order valence-corrected chi connectivity index (χ3v) is 5.48. The Morgan fingerprint density at radius 2 is 1.89 bits per heavy atom. The quantitative estimate of drug-likeness (QED) is 0.712. The molecule has 1 fully saturated rings. The standard InChI is InChI=1S/C22H30ClN3O2/c1-22(2,3)10-11-25-12-14-26(15-13-25)21(27)9-8-20-24-16-19(28-20)17-6-4-5-7-18(17)23/h4-7,16H,8-15H2,1-3H3. The second-order valence-corrected chi connectivity index (χ2v) is 9.04. The SMILES string of the molecule is CC(C)(C)CCN1CCN(C(=O)CCc2ncc(-c3ccccc3Cl)o2)CC1. The first-order valence-electron chi connectivity index (χ1n) is 10.0. The summed E-state index contributed by atoms with van der Waals surface area (Å²) in [7, 11) is 0. The Bertz CT molecular complexity index is 789. The molecule has 0 bridgehead atoms. The largest absolute Gasteiger partial charge is 0.441 e. The van der Waals surface area contributed by atoms with Gasteiger partial charge in [0.25, 0.3) is 0 Å². The zero-order valence-corrected chi connectivity index (χ0v) is 17.8. The van der Waals surface area contributed by atoms with E-state index in [-0.39, 0.29) is 5.91 Å². The van der Waals surface area contributed by atoms with Gasteiger partial charge in [0, 0.05) is 44.6 Å². The molecule has 6 heteroatoms.